The lowest BCUT2D eigenvalue weighted by Gasteiger charge is -2.16. The number of amides is 4. The number of unbranched alkanes of at least 4 members (excludes halogenated alkanes) is 1. The average Bonchev–Trinajstić information content (AvgIpc) is 2.89. The van der Waals surface area contributed by atoms with Gasteiger partial charge in [-0.15, -0.1) is 0 Å². The third-order valence-electron chi connectivity index (χ3n) is 5.07. The Hall–Kier alpha value is -2.65. The number of hydrogen-bond donors (Lipinski definition) is 5. The first kappa shape index (κ1) is 36.4. The first-order chi connectivity index (χ1) is 18.8. The van der Waals surface area contributed by atoms with Crippen LogP contribution in [0.5, 0.6) is 0 Å². The summed E-state index contributed by atoms with van der Waals surface area (Å²) in [5, 5.41) is 10.7. The van der Waals surface area contributed by atoms with Crippen LogP contribution in [0.1, 0.15) is 39.5 Å². The fourth-order valence-corrected chi connectivity index (χ4v) is 3.18. The molecule has 0 aromatic rings. The van der Waals surface area contributed by atoms with Crippen molar-refractivity contribution in [2.75, 3.05) is 85.6 Å². The van der Waals surface area contributed by atoms with Gasteiger partial charge >= 0.3 is 0 Å². The minimum absolute atomic E-state index is 0.0485. The van der Waals surface area contributed by atoms with Gasteiger partial charge in [-0.2, -0.15) is 0 Å². The van der Waals surface area contributed by atoms with Gasteiger partial charge in [0.25, 0.3) is 0 Å². The minimum atomic E-state index is -0.508. The molecule has 0 radical (unpaired) electrons. The smallest absolute Gasteiger partial charge is 0.245 e. The largest absolute Gasteiger partial charge is 0.377 e. The summed E-state index contributed by atoms with van der Waals surface area (Å²) in [5.74, 6) is -1.43. The van der Waals surface area contributed by atoms with E-state index in [0.717, 1.165) is 0 Å². The molecule has 1 unspecified atom stereocenters. The molecular weight excluding hydrogens is 514 g/mol. The van der Waals surface area contributed by atoms with Crippen LogP contribution in [0, 0.1) is 5.92 Å². The summed E-state index contributed by atoms with van der Waals surface area (Å²) in [6.45, 7) is 6.34. The molecule has 0 saturated heterocycles. The van der Waals surface area contributed by atoms with Gasteiger partial charge in [-0.1, -0.05) is 6.42 Å². The monoisotopic (exact) mass is 561 g/mol. The van der Waals surface area contributed by atoms with Crippen LogP contribution < -0.4 is 27.0 Å². The van der Waals surface area contributed by atoms with E-state index in [1.807, 2.05) is 0 Å². The van der Waals surface area contributed by atoms with Crippen LogP contribution in [0.3, 0.4) is 0 Å². The zero-order valence-corrected chi connectivity index (χ0v) is 23.3. The molecule has 14 heteroatoms. The number of ketones is 1. The molecule has 14 nitrogen and oxygen atoms in total. The summed E-state index contributed by atoms with van der Waals surface area (Å²) in [6, 6.07) is 0. The molecule has 1 atom stereocenters. The van der Waals surface area contributed by atoms with Crippen LogP contribution in [0.2, 0.25) is 0 Å². The van der Waals surface area contributed by atoms with Crippen molar-refractivity contribution in [3.63, 3.8) is 0 Å². The van der Waals surface area contributed by atoms with Gasteiger partial charge in [0, 0.05) is 58.9 Å². The van der Waals surface area contributed by atoms with E-state index in [4.69, 9.17) is 24.7 Å². The molecule has 39 heavy (non-hydrogen) atoms. The lowest BCUT2D eigenvalue weighted by molar-refractivity contribution is -0.131. The summed E-state index contributed by atoms with van der Waals surface area (Å²) in [5.41, 5.74) is 5.46. The van der Waals surface area contributed by atoms with Crippen molar-refractivity contribution in [2.45, 2.75) is 39.5 Å². The lowest BCUT2D eigenvalue weighted by atomic mass is 9.95. The van der Waals surface area contributed by atoms with E-state index in [9.17, 15) is 24.0 Å². The number of nitrogens with one attached hydrogen (secondary N) is 4. The molecule has 6 N–H and O–H groups in total. The van der Waals surface area contributed by atoms with Crippen LogP contribution in [-0.2, 0) is 42.9 Å². The van der Waals surface area contributed by atoms with E-state index < -0.39 is 5.92 Å². The molecule has 0 spiro atoms. The number of carbonyl (C=O) groups excluding carboxylic acids is 5. The van der Waals surface area contributed by atoms with Gasteiger partial charge in [0.15, 0.2) is 5.78 Å². The quantitative estimate of drug-likeness (QED) is 0.0756. The van der Waals surface area contributed by atoms with Crippen molar-refractivity contribution in [1.29, 1.82) is 0 Å². The Kier molecular flexibility index (Phi) is 23.9. The topological polar surface area (TPSA) is 196 Å². The zero-order chi connectivity index (χ0) is 29.1. The van der Waals surface area contributed by atoms with Crippen molar-refractivity contribution < 1.29 is 42.9 Å². The molecule has 226 valence electrons. The highest BCUT2D eigenvalue weighted by Crippen LogP contribution is 2.14. The molecule has 0 aliphatic rings. The summed E-state index contributed by atoms with van der Waals surface area (Å²) < 4.78 is 21.1. The van der Waals surface area contributed by atoms with Gasteiger partial charge in [-0.05, 0) is 12.8 Å². The Morgan fingerprint density at radius 1 is 0.641 bits per heavy atom. The fraction of sp³-hybridized carbons (Fsp3) is 0.800. The molecule has 0 saturated carbocycles. The van der Waals surface area contributed by atoms with Crippen LogP contribution in [0.25, 0.3) is 0 Å². The van der Waals surface area contributed by atoms with E-state index in [0.29, 0.717) is 71.8 Å². The summed E-state index contributed by atoms with van der Waals surface area (Å²) in [4.78, 5) is 58.2. The molecule has 0 fully saturated rings. The van der Waals surface area contributed by atoms with Gasteiger partial charge in [0.05, 0.1) is 39.6 Å². The second-order valence-corrected chi connectivity index (χ2v) is 8.66. The highest BCUT2D eigenvalue weighted by molar-refractivity contribution is 5.87. The first-order valence-corrected chi connectivity index (χ1v) is 13.3. The number of carbonyl (C=O) groups is 5. The zero-order valence-electron chi connectivity index (χ0n) is 23.3. The normalized spacial score (nSPS) is 11.5. The van der Waals surface area contributed by atoms with Gasteiger partial charge in [-0.3, -0.25) is 24.0 Å². The van der Waals surface area contributed by atoms with Crippen LogP contribution in [-0.4, -0.2) is 115 Å². The standard InChI is InChI=1S/C25H47N5O9/c1-20(31)27-9-11-36-13-15-38-18-23(33)17-22(25(35)30-8-6-26)5-3-4-7-29-24(34)19-39-16-14-37-12-10-28-21(2)32/h22H,3-19,26H2,1-2H3,(H,27,31)(H,28,32)(H,29,34)(H,30,35). The molecule has 0 aliphatic carbocycles. The third kappa shape index (κ3) is 25.4. The number of Topliss-reactive ketones (excluding diaryl/α,β-unsaturated/α-hetero) is 1. The number of ether oxygens (including phenoxy) is 4. The van der Waals surface area contributed by atoms with Gasteiger partial charge < -0.3 is 45.9 Å². The van der Waals surface area contributed by atoms with E-state index >= 15 is 0 Å². The molecular formula is C25H47N5O9. The van der Waals surface area contributed by atoms with E-state index in [1.54, 1.807) is 0 Å². The number of hydrogen-bond acceptors (Lipinski definition) is 10. The highest BCUT2D eigenvalue weighted by Gasteiger charge is 2.21. The molecule has 4 amide bonds. The van der Waals surface area contributed by atoms with Gasteiger partial charge in [0.2, 0.25) is 23.6 Å². The Morgan fingerprint density at radius 2 is 1.21 bits per heavy atom. The van der Waals surface area contributed by atoms with E-state index in [-0.39, 0.29) is 68.9 Å². The minimum Gasteiger partial charge on any atom is -0.377 e. The molecule has 0 aromatic carbocycles. The van der Waals surface area contributed by atoms with Gasteiger partial charge in [-0.25, -0.2) is 0 Å². The number of rotatable bonds is 26. The van der Waals surface area contributed by atoms with E-state index in [1.165, 1.54) is 13.8 Å². The second kappa shape index (κ2) is 25.6. The maximum absolute atomic E-state index is 12.5. The van der Waals surface area contributed by atoms with Crippen LogP contribution >= 0.6 is 0 Å². The molecule has 0 aromatic heterocycles. The molecule has 0 bridgehead atoms. The Bertz CT molecular complexity index is 709. The van der Waals surface area contributed by atoms with Crippen molar-refractivity contribution >= 4 is 29.4 Å². The summed E-state index contributed by atoms with van der Waals surface area (Å²) in [6.07, 6.45) is 1.81. The Morgan fingerprint density at radius 3 is 1.77 bits per heavy atom. The Labute approximate surface area is 230 Å². The first-order valence-electron chi connectivity index (χ1n) is 13.3. The SMILES string of the molecule is CC(=O)NCCOCCOCC(=O)CC(CCCCNC(=O)COCCOCCNC(C)=O)C(=O)NCCN. The van der Waals surface area contributed by atoms with Crippen molar-refractivity contribution in [3.8, 4) is 0 Å². The highest BCUT2D eigenvalue weighted by atomic mass is 16.5. The van der Waals surface area contributed by atoms with Crippen molar-refractivity contribution in [2.24, 2.45) is 11.7 Å². The van der Waals surface area contributed by atoms with Gasteiger partial charge in [0.1, 0.15) is 13.2 Å². The lowest BCUT2D eigenvalue weighted by Crippen LogP contribution is -2.36. The van der Waals surface area contributed by atoms with Crippen molar-refractivity contribution in [3.05, 3.63) is 0 Å². The van der Waals surface area contributed by atoms with Crippen molar-refractivity contribution in [1.82, 2.24) is 21.3 Å². The molecule has 0 aliphatic heterocycles. The predicted octanol–water partition coefficient (Wildman–Crippen LogP) is -1.74. The fourth-order valence-electron chi connectivity index (χ4n) is 3.18. The third-order valence-corrected chi connectivity index (χ3v) is 5.07. The molecule has 0 heterocycles. The van der Waals surface area contributed by atoms with Crippen LogP contribution in [0.15, 0.2) is 0 Å². The average molecular weight is 562 g/mol. The Balaban J connectivity index is 4.04. The summed E-state index contributed by atoms with van der Waals surface area (Å²) in [7, 11) is 0. The molecule has 0 rings (SSSR count). The second-order valence-electron chi connectivity index (χ2n) is 8.66. The maximum atomic E-state index is 12.5. The predicted molar refractivity (Wildman–Crippen MR) is 143 cm³/mol. The summed E-state index contributed by atoms with van der Waals surface area (Å²) >= 11 is 0. The number of nitrogens with two attached hydrogens (primary N) is 1. The maximum Gasteiger partial charge on any atom is 0.245 e. The van der Waals surface area contributed by atoms with E-state index in [2.05, 4.69) is 21.3 Å². The van der Waals surface area contributed by atoms with Crippen LogP contribution in [0.4, 0.5) is 0 Å².